The number of hydrogen-bond donors (Lipinski definition) is 1. The van der Waals surface area contributed by atoms with E-state index in [2.05, 4.69) is 68.6 Å². The summed E-state index contributed by atoms with van der Waals surface area (Å²) < 4.78 is 4.08. The van der Waals surface area contributed by atoms with Gasteiger partial charge in [-0.25, -0.2) is 0 Å². The van der Waals surface area contributed by atoms with Crippen LogP contribution in [0.25, 0.3) is 0 Å². The quantitative estimate of drug-likeness (QED) is 0.549. The molecule has 0 fully saturated rings. The molecule has 136 valence electrons. The van der Waals surface area contributed by atoms with Gasteiger partial charge in [0.1, 0.15) is 0 Å². The normalized spacial score (nSPS) is 11.6. The molecule has 0 amide bonds. The van der Waals surface area contributed by atoms with Crippen molar-refractivity contribution in [2.24, 2.45) is 12.0 Å². The largest absolute Gasteiger partial charge is 0.353 e. The van der Waals surface area contributed by atoms with Gasteiger partial charge in [0.05, 0.1) is 19.3 Å². The Morgan fingerprint density at radius 2 is 1.96 bits per heavy atom. The minimum absolute atomic E-state index is 0.693. The molecule has 0 aliphatic rings. The van der Waals surface area contributed by atoms with Crippen molar-refractivity contribution in [2.75, 3.05) is 14.1 Å². The van der Waals surface area contributed by atoms with Crippen LogP contribution in [0.2, 0.25) is 0 Å². The van der Waals surface area contributed by atoms with Crippen LogP contribution in [-0.4, -0.2) is 39.3 Å². The van der Waals surface area contributed by atoms with Crippen LogP contribution in [0, 0.1) is 0 Å². The number of guanidine groups is 1. The Morgan fingerprint density at radius 1 is 1.15 bits per heavy atom. The van der Waals surface area contributed by atoms with Crippen LogP contribution in [0.3, 0.4) is 0 Å². The lowest BCUT2D eigenvalue weighted by Gasteiger charge is -2.22. The van der Waals surface area contributed by atoms with Gasteiger partial charge in [0.25, 0.3) is 0 Å². The SMILES string of the molecule is CN=C(NCc1cnn(Cc2ccccc2)c1)N(C)Cc1cccn1C. The summed E-state index contributed by atoms with van der Waals surface area (Å²) in [5.41, 5.74) is 3.62. The molecule has 0 radical (unpaired) electrons. The van der Waals surface area contributed by atoms with Gasteiger partial charge in [-0.3, -0.25) is 9.67 Å². The zero-order valence-electron chi connectivity index (χ0n) is 15.6. The third-order valence-electron chi connectivity index (χ3n) is 4.35. The second-order valence-electron chi connectivity index (χ2n) is 6.40. The monoisotopic (exact) mass is 350 g/mol. The van der Waals surface area contributed by atoms with E-state index in [4.69, 9.17) is 0 Å². The number of aliphatic imine (C=N–C) groups is 1. The molecule has 2 aromatic heterocycles. The first kappa shape index (κ1) is 17.8. The molecule has 0 atom stereocenters. The summed E-state index contributed by atoms with van der Waals surface area (Å²) in [6, 6.07) is 14.5. The molecule has 0 saturated carbocycles. The van der Waals surface area contributed by atoms with E-state index in [1.165, 1.54) is 11.3 Å². The Hall–Kier alpha value is -3.02. The van der Waals surface area contributed by atoms with Crippen LogP contribution >= 0.6 is 0 Å². The average molecular weight is 350 g/mol. The van der Waals surface area contributed by atoms with Gasteiger partial charge in [-0.15, -0.1) is 0 Å². The van der Waals surface area contributed by atoms with Crippen molar-refractivity contribution < 1.29 is 0 Å². The first-order valence-corrected chi connectivity index (χ1v) is 8.73. The van der Waals surface area contributed by atoms with Gasteiger partial charge < -0.3 is 14.8 Å². The lowest BCUT2D eigenvalue weighted by atomic mass is 10.2. The molecule has 0 aliphatic heterocycles. The fourth-order valence-electron chi connectivity index (χ4n) is 2.90. The minimum atomic E-state index is 0.693. The summed E-state index contributed by atoms with van der Waals surface area (Å²) in [6.45, 7) is 2.28. The van der Waals surface area contributed by atoms with Crippen molar-refractivity contribution in [3.8, 4) is 0 Å². The molecule has 3 rings (SSSR count). The Bertz CT molecular complexity index is 846. The maximum absolute atomic E-state index is 4.45. The van der Waals surface area contributed by atoms with Crippen molar-refractivity contribution in [3.05, 3.63) is 77.9 Å². The molecule has 6 heteroatoms. The lowest BCUT2D eigenvalue weighted by Crippen LogP contribution is -2.38. The molecule has 0 spiro atoms. The third-order valence-corrected chi connectivity index (χ3v) is 4.35. The number of nitrogens with zero attached hydrogens (tertiary/aromatic N) is 5. The van der Waals surface area contributed by atoms with Crippen molar-refractivity contribution in [1.29, 1.82) is 0 Å². The molecule has 0 unspecified atom stereocenters. The highest BCUT2D eigenvalue weighted by Crippen LogP contribution is 2.06. The number of benzene rings is 1. The summed E-state index contributed by atoms with van der Waals surface area (Å²) in [6.07, 6.45) is 6.03. The molecule has 0 saturated heterocycles. The highest BCUT2D eigenvalue weighted by atomic mass is 15.3. The maximum Gasteiger partial charge on any atom is 0.194 e. The van der Waals surface area contributed by atoms with Crippen molar-refractivity contribution >= 4 is 5.96 Å². The zero-order chi connectivity index (χ0) is 18.4. The van der Waals surface area contributed by atoms with Crippen LogP contribution in [0.1, 0.15) is 16.8 Å². The van der Waals surface area contributed by atoms with E-state index >= 15 is 0 Å². The summed E-state index contributed by atoms with van der Waals surface area (Å²) in [5, 5.41) is 7.86. The van der Waals surface area contributed by atoms with Gasteiger partial charge in [0.15, 0.2) is 5.96 Å². The molecular formula is C20H26N6. The highest BCUT2D eigenvalue weighted by molar-refractivity contribution is 5.79. The van der Waals surface area contributed by atoms with Gasteiger partial charge in [-0.05, 0) is 17.7 Å². The van der Waals surface area contributed by atoms with Crippen molar-refractivity contribution in [2.45, 2.75) is 19.6 Å². The molecule has 0 aliphatic carbocycles. The summed E-state index contributed by atoms with van der Waals surface area (Å²) in [7, 11) is 5.91. The van der Waals surface area contributed by atoms with Crippen LogP contribution in [0.4, 0.5) is 0 Å². The zero-order valence-corrected chi connectivity index (χ0v) is 15.6. The van der Waals surface area contributed by atoms with Crippen molar-refractivity contribution in [3.63, 3.8) is 0 Å². The Morgan fingerprint density at radius 3 is 2.65 bits per heavy atom. The van der Waals surface area contributed by atoms with Gasteiger partial charge in [-0.2, -0.15) is 5.10 Å². The summed E-state index contributed by atoms with van der Waals surface area (Å²) >= 11 is 0. The topological polar surface area (TPSA) is 50.4 Å². The summed E-state index contributed by atoms with van der Waals surface area (Å²) in [4.78, 5) is 6.50. The molecule has 6 nitrogen and oxygen atoms in total. The number of aryl methyl sites for hydroxylation is 1. The van der Waals surface area contributed by atoms with Crippen molar-refractivity contribution in [1.82, 2.24) is 24.6 Å². The van der Waals surface area contributed by atoms with E-state index in [9.17, 15) is 0 Å². The second kappa shape index (κ2) is 8.38. The predicted octanol–water partition coefficient (Wildman–Crippen LogP) is 2.48. The van der Waals surface area contributed by atoms with Crippen LogP contribution < -0.4 is 5.32 Å². The Kier molecular flexibility index (Phi) is 5.73. The molecular weight excluding hydrogens is 324 g/mol. The fraction of sp³-hybridized carbons (Fsp3) is 0.300. The second-order valence-corrected chi connectivity index (χ2v) is 6.40. The van der Waals surface area contributed by atoms with E-state index < -0.39 is 0 Å². The van der Waals surface area contributed by atoms with Crippen LogP contribution in [-0.2, 0) is 26.7 Å². The fourth-order valence-corrected chi connectivity index (χ4v) is 2.90. The molecule has 3 aromatic rings. The molecule has 1 aromatic carbocycles. The third kappa shape index (κ3) is 4.53. The Balaban J connectivity index is 1.55. The van der Waals surface area contributed by atoms with Gasteiger partial charge in [0, 0.05) is 51.3 Å². The first-order chi connectivity index (χ1) is 12.7. The number of rotatable bonds is 6. The van der Waals surface area contributed by atoms with E-state index in [-0.39, 0.29) is 0 Å². The standard InChI is InChI=1S/C20H26N6/c1-21-20(25(3)16-19-10-7-11-24(19)2)22-12-18-13-23-26(15-18)14-17-8-5-4-6-9-17/h4-11,13,15H,12,14,16H2,1-3H3,(H,21,22). The minimum Gasteiger partial charge on any atom is -0.353 e. The number of aromatic nitrogens is 3. The van der Waals surface area contributed by atoms with Gasteiger partial charge in [-0.1, -0.05) is 30.3 Å². The average Bonchev–Trinajstić information content (AvgIpc) is 3.26. The van der Waals surface area contributed by atoms with Gasteiger partial charge >= 0.3 is 0 Å². The molecule has 26 heavy (non-hydrogen) atoms. The number of hydrogen-bond acceptors (Lipinski definition) is 2. The lowest BCUT2D eigenvalue weighted by molar-refractivity contribution is 0.461. The molecule has 0 bridgehead atoms. The first-order valence-electron chi connectivity index (χ1n) is 8.73. The molecule has 2 heterocycles. The van der Waals surface area contributed by atoms with E-state index in [0.29, 0.717) is 6.54 Å². The predicted molar refractivity (Wildman–Crippen MR) is 105 cm³/mol. The van der Waals surface area contributed by atoms with Gasteiger partial charge in [0.2, 0.25) is 0 Å². The van der Waals surface area contributed by atoms with Crippen LogP contribution in [0.5, 0.6) is 0 Å². The van der Waals surface area contributed by atoms with E-state index in [1.54, 1.807) is 0 Å². The number of nitrogens with one attached hydrogen (secondary N) is 1. The smallest absolute Gasteiger partial charge is 0.194 e. The maximum atomic E-state index is 4.45. The van der Waals surface area contributed by atoms with E-state index in [1.807, 2.05) is 43.2 Å². The molecule has 1 N–H and O–H groups in total. The highest BCUT2D eigenvalue weighted by Gasteiger charge is 2.09. The Labute approximate surface area is 154 Å². The van der Waals surface area contributed by atoms with E-state index in [0.717, 1.165) is 24.6 Å². The van der Waals surface area contributed by atoms with Crippen LogP contribution in [0.15, 0.2) is 66.0 Å². The summed E-state index contributed by atoms with van der Waals surface area (Å²) in [5.74, 6) is 0.863.